The molecule has 6 heteroatoms. The molecule has 1 amide bonds. The summed E-state index contributed by atoms with van der Waals surface area (Å²) in [5.41, 5.74) is 5.32. The summed E-state index contributed by atoms with van der Waals surface area (Å²) in [6, 6.07) is 5.25. The van der Waals surface area contributed by atoms with Crippen LogP contribution in [0, 0.1) is 5.92 Å². The number of anilines is 1. The first kappa shape index (κ1) is 15.7. The van der Waals surface area contributed by atoms with Gasteiger partial charge in [0.15, 0.2) is 0 Å². The quantitative estimate of drug-likeness (QED) is 0.928. The van der Waals surface area contributed by atoms with E-state index in [0.717, 1.165) is 50.2 Å². The summed E-state index contributed by atoms with van der Waals surface area (Å²) in [7, 11) is 0. The van der Waals surface area contributed by atoms with Crippen LogP contribution in [0.5, 0.6) is 0 Å². The minimum atomic E-state index is -4.30. The lowest BCUT2D eigenvalue weighted by molar-refractivity contribution is -0.137. The Hall–Kier alpha value is -1.72. The van der Waals surface area contributed by atoms with Crippen LogP contribution in [0.1, 0.15) is 31.2 Å². The largest absolute Gasteiger partial charge is 0.416 e. The molecule has 0 aliphatic carbocycles. The molecule has 21 heavy (non-hydrogen) atoms. The first-order chi connectivity index (χ1) is 9.86. The van der Waals surface area contributed by atoms with Crippen LogP contribution >= 0.6 is 0 Å². The summed E-state index contributed by atoms with van der Waals surface area (Å²) in [6.07, 6.45) is -1.18. The molecular weight excluding hydrogens is 281 g/mol. The van der Waals surface area contributed by atoms with Gasteiger partial charge in [-0.3, -0.25) is 4.79 Å². The SMILES string of the molecule is NC(=O)CC[C@H]1CCCN(c2ccc(C(F)(F)F)cc2)C1. The third-order valence-corrected chi connectivity index (χ3v) is 3.88. The van der Waals surface area contributed by atoms with Crippen LogP contribution in [0.3, 0.4) is 0 Å². The van der Waals surface area contributed by atoms with Gasteiger partial charge in [0.25, 0.3) is 0 Å². The molecule has 0 spiro atoms. The van der Waals surface area contributed by atoms with Gasteiger partial charge >= 0.3 is 6.18 Å². The van der Waals surface area contributed by atoms with Gasteiger partial charge in [0, 0.05) is 25.2 Å². The average Bonchev–Trinajstić information content (AvgIpc) is 2.45. The number of alkyl halides is 3. The van der Waals surface area contributed by atoms with E-state index in [-0.39, 0.29) is 5.91 Å². The normalized spacial score (nSPS) is 19.6. The summed E-state index contributed by atoms with van der Waals surface area (Å²) in [4.78, 5) is 12.9. The number of hydrogen-bond acceptors (Lipinski definition) is 2. The average molecular weight is 300 g/mol. The predicted molar refractivity (Wildman–Crippen MR) is 74.8 cm³/mol. The lowest BCUT2D eigenvalue weighted by atomic mass is 9.93. The molecule has 1 saturated heterocycles. The van der Waals surface area contributed by atoms with Crippen LogP contribution in [-0.4, -0.2) is 19.0 Å². The molecule has 3 nitrogen and oxygen atoms in total. The molecule has 1 aliphatic heterocycles. The van der Waals surface area contributed by atoms with Gasteiger partial charge in [0.1, 0.15) is 0 Å². The minimum absolute atomic E-state index is 0.304. The van der Waals surface area contributed by atoms with Crippen LogP contribution in [0.25, 0.3) is 0 Å². The summed E-state index contributed by atoms with van der Waals surface area (Å²) in [5.74, 6) is 0.0650. The van der Waals surface area contributed by atoms with Crippen LogP contribution in [0.4, 0.5) is 18.9 Å². The topological polar surface area (TPSA) is 46.3 Å². The number of halogens is 3. The van der Waals surface area contributed by atoms with Crippen molar-refractivity contribution in [2.75, 3.05) is 18.0 Å². The van der Waals surface area contributed by atoms with Crippen LogP contribution < -0.4 is 10.6 Å². The molecule has 0 unspecified atom stereocenters. The van der Waals surface area contributed by atoms with Gasteiger partial charge in [0.05, 0.1) is 5.56 Å². The first-order valence-corrected chi connectivity index (χ1v) is 7.07. The van der Waals surface area contributed by atoms with E-state index in [1.165, 1.54) is 12.1 Å². The Morgan fingerprint density at radius 1 is 1.29 bits per heavy atom. The molecule has 1 atom stereocenters. The van der Waals surface area contributed by atoms with Crippen molar-refractivity contribution in [1.82, 2.24) is 0 Å². The lowest BCUT2D eigenvalue weighted by Crippen LogP contribution is -2.35. The standard InChI is InChI=1S/C15H19F3N2O/c16-15(17,18)12-4-6-13(7-5-12)20-9-1-2-11(10-20)3-8-14(19)21/h4-7,11H,1-3,8-10H2,(H2,19,21)/t11-/m1/s1. The van der Waals surface area contributed by atoms with Gasteiger partial charge in [-0.25, -0.2) is 0 Å². The van der Waals surface area contributed by atoms with Gasteiger partial charge in [-0.15, -0.1) is 0 Å². The molecule has 0 saturated carbocycles. The third-order valence-electron chi connectivity index (χ3n) is 3.88. The Balaban J connectivity index is 1.99. The summed E-state index contributed by atoms with van der Waals surface area (Å²) in [6.45, 7) is 1.59. The number of primary amides is 1. The zero-order chi connectivity index (χ0) is 15.5. The summed E-state index contributed by atoms with van der Waals surface area (Å²) in [5, 5.41) is 0. The number of amides is 1. The smallest absolute Gasteiger partial charge is 0.371 e. The van der Waals surface area contributed by atoms with Crippen molar-refractivity contribution in [2.45, 2.75) is 31.9 Å². The van der Waals surface area contributed by atoms with E-state index in [2.05, 4.69) is 4.90 Å². The Bertz CT molecular complexity index is 485. The van der Waals surface area contributed by atoms with Gasteiger partial charge in [0.2, 0.25) is 5.91 Å². The van der Waals surface area contributed by atoms with Crippen LogP contribution in [0.15, 0.2) is 24.3 Å². The van der Waals surface area contributed by atoms with Crippen molar-refractivity contribution in [3.8, 4) is 0 Å². The Morgan fingerprint density at radius 2 is 1.95 bits per heavy atom. The van der Waals surface area contributed by atoms with E-state index in [1.54, 1.807) is 0 Å². The molecule has 1 heterocycles. The van der Waals surface area contributed by atoms with E-state index >= 15 is 0 Å². The number of carbonyl (C=O) groups is 1. The molecule has 2 rings (SSSR count). The molecule has 0 radical (unpaired) electrons. The Kier molecular flexibility index (Phi) is 4.75. The number of rotatable bonds is 4. The highest BCUT2D eigenvalue weighted by Crippen LogP contribution is 2.32. The van der Waals surface area contributed by atoms with Gasteiger partial charge in [-0.2, -0.15) is 13.2 Å². The van der Waals surface area contributed by atoms with E-state index < -0.39 is 11.7 Å². The van der Waals surface area contributed by atoms with Crippen LogP contribution in [-0.2, 0) is 11.0 Å². The number of benzene rings is 1. The number of hydrogen-bond donors (Lipinski definition) is 1. The molecule has 2 N–H and O–H groups in total. The first-order valence-electron chi connectivity index (χ1n) is 7.07. The maximum atomic E-state index is 12.5. The van der Waals surface area contributed by atoms with E-state index in [9.17, 15) is 18.0 Å². The van der Waals surface area contributed by atoms with Gasteiger partial charge in [-0.05, 0) is 49.4 Å². The molecule has 1 aromatic rings. The van der Waals surface area contributed by atoms with Crippen molar-refractivity contribution in [3.63, 3.8) is 0 Å². The van der Waals surface area contributed by atoms with Crippen molar-refractivity contribution < 1.29 is 18.0 Å². The van der Waals surface area contributed by atoms with Crippen molar-refractivity contribution in [2.24, 2.45) is 11.7 Å². The fraction of sp³-hybridized carbons (Fsp3) is 0.533. The second kappa shape index (κ2) is 6.37. The maximum absolute atomic E-state index is 12.5. The second-order valence-corrected chi connectivity index (χ2v) is 5.50. The van der Waals surface area contributed by atoms with Crippen LogP contribution in [0.2, 0.25) is 0 Å². The highest BCUT2D eigenvalue weighted by Gasteiger charge is 2.30. The molecule has 0 aromatic heterocycles. The van der Waals surface area contributed by atoms with E-state index in [4.69, 9.17) is 5.73 Å². The maximum Gasteiger partial charge on any atom is 0.416 e. The molecule has 1 fully saturated rings. The number of nitrogens with two attached hydrogens (primary N) is 1. The predicted octanol–water partition coefficient (Wildman–Crippen LogP) is 3.19. The summed E-state index contributed by atoms with van der Waals surface area (Å²) < 4.78 is 37.6. The van der Waals surface area contributed by atoms with E-state index in [1.807, 2.05) is 0 Å². The van der Waals surface area contributed by atoms with Gasteiger partial charge in [-0.1, -0.05) is 0 Å². The zero-order valence-corrected chi connectivity index (χ0v) is 11.7. The Morgan fingerprint density at radius 3 is 2.52 bits per heavy atom. The number of nitrogens with zero attached hydrogens (tertiary/aromatic N) is 1. The van der Waals surface area contributed by atoms with Crippen molar-refractivity contribution in [3.05, 3.63) is 29.8 Å². The second-order valence-electron chi connectivity index (χ2n) is 5.50. The molecule has 116 valence electrons. The third kappa shape index (κ3) is 4.37. The zero-order valence-electron chi connectivity index (χ0n) is 11.7. The molecule has 1 aromatic carbocycles. The highest BCUT2D eigenvalue weighted by atomic mass is 19.4. The fourth-order valence-corrected chi connectivity index (χ4v) is 2.74. The van der Waals surface area contributed by atoms with E-state index in [0.29, 0.717) is 12.3 Å². The number of piperidine rings is 1. The molecule has 1 aliphatic rings. The highest BCUT2D eigenvalue weighted by molar-refractivity contribution is 5.73. The monoisotopic (exact) mass is 300 g/mol. The summed E-state index contributed by atoms with van der Waals surface area (Å²) >= 11 is 0. The van der Waals surface area contributed by atoms with Crippen molar-refractivity contribution >= 4 is 11.6 Å². The lowest BCUT2D eigenvalue weighted by Gasteiger charge is -2.34. The minimum Gasteiger partial charge on any atom is -0.371 e. The Labute approximate surface area is 121 Å². The fourth-order valence-electron chi connectivity index (χ4n) is 2.74. The molecule has 0 bridgehead atoms. The number of carbonyl (C=O) groups excluding carboxylic acids is 1. The van der Waals surface area contributed by atoms with Crippen molar-refractivity contribution in [1.29, 1.82) is 0 Å². The molecular formula is C15H19F3N2O. The van der Waals surface area contributed by atoms with Gasteiger partial charge < -0.3 is 10.6 Å².